The summed E-state index contributed by atoms with van der Waals surface area (Å²) in [6.45, 7) is 3.48. The number of carbonyl (C=O) groups is 1. The van der Waals surface area contributed by atoms with Crippen LogP contribution in [-0.4, -0.2) is 40.1 Å². The van der Waals surface area contributed by atoms with Gasteiger partial charge in [0.2, 0.25) is 5.91 Å². The highest BCUT2D eigenvalue weighted by Gasteiger charge is 2.09. The molecule has 0 aliphatic heterocycles. The number of thioether (sulfide) groups is 1. The first-order valence-corrected chi connectivity index (χ1v) is 8.03. The lowest BCUT2D eigenvalue weighted by Crippen LogP contribution is -2.14. The summed E-state index contributed by atoms with van der Waals surface area (Å²) < 4.78 is 6.96. The Labute approximate surface area is 134 Å². The van der Waals surface area contributed by atoms with E-state index in [1.54, 1.807) is 13.4 Å². The van der Waals surface area contributed by atoms with E-state index in [-0.39, 0.29) is 5.91 Å². The van der Waals surface area contributed by atoms with E-state index in [2.05, 4.69) is 15.5 Å². The van der Waals surface area contributed by atoms with E-state index in [0.29, 0.717) is 12.4 Å². The molecule has 22 heavy (non-hydrogen) atoms. The van der Waals surface area contributed by atoms with Gasteiger partial charge >= 0.3 is 0 Å². The summed E-state index contributed by atoms with van der Waals surface area (Å²) in [5.74, 6) is 0.247. The van der Waals surface area contributed by atoms with Gasteiger partial charge in [-0.15, -0.1) is 10.2 Å². The second-order valence-electron chi connectivity index (χ2n) is 4.86. The Balaban J connectivity index is 1.81. The van der Waals surface area contributed by atoms with Crippen LogP contribution < -0.4 is 5.32 Å². The molecule has 0 saturated heterocycles. The van der Waals surface area contributed by atoms with Crippen molar-refractivity contribution in [1.82, 2.24) is 14.8 Å². The monoisotopic (exact) mass is 320 g/mol. The van der Waals surface area contributed by atoms with Gasteiger partial charge in [0.15, 0.2) is 5.16 Å². The summed E-state index contributed by atoms with van der Waals surface area (Å²) >= 11 is 1.38. The van der Waals surface area contributed by atoms with Crippen LogP contribution in [0.1, 0.15) is 12.0 Å². The second kappa shape index (κ2) is 8.55. The highest BCUT2D eigenvalue weighted by molar-refractivity contribution is 7.99. The third-order valence-electron chi connectivity index (χ3n) is 3.00. The Bertz CT molecular complexity index is 598. The fraction of sp³-hybridized carbons (Fsp3) is 0.400. The lowest BCUT2D eigenvalue weighted by molar-refractivity contribution is -0.113. The number of aromatic nitrogens is 3. The summed E-state index contributed by atoms with van der Waals surface area (Å²) in [5.41, 5.74) is 1.97. The minimum Gasteiger partial charge on any atom is -0.385 e. The fourth-order valence-corrected chi connectivity index (χ4v) is 2.59. The third-order valence-corrected chi connectivity index (χ3v) is 3.98. The number of aryl methyl sites for hydroxylation is 2. The van der Waals surface area contributed by atoms with Crippen LogP contribution in [0.25, 0.3) is 0 Å². The Hall–Kier alpha value is -1.86. The van der Waals surface area contributed by atoms with E-state index in [1.807, 2.05) is 35.8 Å². The molecule has 0 fully saturated rings. The maximum Gasteiger partial charge on any atom is 0.234 e. The Morgan fingerprint density at radius 3 is 2.86 bits per heavy atom. The molecule has 0 bridgehead atoms. The molecule has 1 aromatic heterocycles. The van der Waals surface area contributed by atoms with Gasteiger partial charge in [-0.3, -0.25) is 4.79 Å². The largest absolute Gasteiger partial charge is 0.385 e. The molecule has 0 atom stereocenters. The molecular formula is C15H20N4O2S. The van der Waals surface area contributed by atoms with Crippen molar-refractivity contribution in [2.45, 2.75) is 25.0 Å². The number of nitrogens with one attached hydrogen (secondary N) is 1. The smallest absolute Gasteiger partial charge is 0.234 e. The van der Waals surface area contributed by atoms with Crippen LogP contribution in [0, 0.1) is 6.92 Å². The number of nitrogens with zero attached hydrogens (tertiary/aromatic N) is 3. The van der Waals surface area contributed by atoms with Crippen LogP contribution in [0.15, 0.2) is 35.7 Å². The van der Waals surface area contributed by atoms with Gasteiger partial charge in [0, 0.05) is 25.9 Å². The van der Waals surface area contributed by atoms with Gasteiger partial charge in [-0.25, -0.2) is 0 Å². The van der Waals surface area contributed by atoms with Crippen molar-refractivity contribution in [3.63, 3.8) is 0 Å². The van der Waals surface area contributed by atoms with E-state index in [4.69, 9.17) is 4.74 Å². The number of amides is 1. The van der Waals surface area contributed by atoms with Gasteiger partial charge in [-0.1, -0.05) is 29.5 Å². The highest BCUT2D eigenvalue weighted by Crippen LogP contribution is 2.16. The van der Waals surface area contributed by atoms with E-state index in [0.717, 1.165) is 29.4 Å². The number of anilines is 1. The number of hydrogen-bond acceptors (Lipinski definition) is 5. The summed E-state index contributed by atoms with van der Waals surface area (Å²) in [7, 11) is 1.68. The van der Waals surface area contributed by atoms with Crippen LogP contribution in [0.5, 0.6) is 0 Å². The maximum atomic E-state index is 12.0. The summed E-state index contributed by atoms with van der Waals surface area (Å²) in [4.78, 5) is 12.0. The van der Waals surface area contributed by atoms with Crippen LogP contribution >= 0.6 is 11.8 Å². The first kappa shape index (κ1) is 16.5. The van der Waals surface area contributed by atoms with Gasteiger partial charge in [0.05, 0.1) is 5.75 Å². The summed E-state index contributed by atoms with van der Waals surface area (Å²) in [5, 5.41) is 11.5. The summed E-state index contributed by atoms with van der Waals surface area (Å²) in [6.07, 6.45) is 2.56. The molecule has 1 N–H and O–H groups in total. The first-order chi connectivity index (χ1) is 10.7. The molecule has 0 aliphatic carbocycles. The van der Waals surface area contributed by atoms with Crippen molar-refractivity contribution < 1.29 is 9.53 Å². The second-order valence-corrected chi connectivity index (χ2v) is 5.80. The van der Waals surface area contributed by atoms with Crippen LogP contribution in [-0.2, 0) is 16.1 Å². The molecule has 7 heteroatoms. The minimum atomic E-state index is -0.0553. The topological polar surface area (TPSA) is 69.0 Å². The van der Waals surface area contributed by atoms with Crippen molar-refractivity contribution in [3.05, 3.63) is 36.2 Å². The highest BCUT2D eigenvalue weighted by atomic mass is 32.2. The molecule has 0 radical (unpaired) electrons. The van der Waals surface area contributed by atoms with E-state index >= 15 is 0 Å². The SMILES string of the molecule is COCCCn1cnnc1SCC(=O)Nc1ccc(C)cc1. The molecule has 0 unspecified atom stereocenters. The standard InChI is InChI=1S/C15H20N4O2S/c1-12-4-6-13(7-5-12)17-14(20)10-22-15-18-16-11-19(15)8-3-9-21-2/h4-7,11H,3,8-10H2,1-2H3,(H,17,20). The maximum absolute atomic E-state index is 12.0. The van der Waals surface area contributed by atoms with Crippen molar-refractivity contribution in [1.29, 1.82) is 0 Å². The average Bonchev–Trinajstić information content (AvgIpc) is 2.95. The third kappa shape index (κ3) is 5.16. The van der Waals surface area contributed by atoms with Crippen LogP contribution in [0.3, 0.4) is 0 Å². The van der Waals surface area contributed by atoms with Gasteiger partial charge in [-0.05, 0) is 25.5 Å². The van der Waals surface area contributed by atoms with Crippen molar-refractivity contribution in [2.75, 3.05) is 24.8 Å². The number of hydrogen-bond donors (Lipinski definition) is 1. The predicted octanol–water partition coefficient (Wildman–Crippen LogP) is 2.35. The number of ether oxygens (including phenoxy) is 1. The fourth-order valence-electron chi connectivity index (χ4n) is 1.85. The Kier molecular flexibility index (Phi) is 6.42. The zero-order valence-corrected chi connectivity index (χ0v) is 13.6. The van der Waals surface area contributed by atoms with Gasteiger partial charge in [0.25, 0.3) is 0 Å². The molecule has 2 aromatic rings. The molecule has 1 aromatic carbocycles. The van der Waals surface area contributed by atoms with E-state index in [9.17, 15) is 4.79 Å². The molecule has 0 spiro atoms. The zero-order chi connectivity index (χ0) is 15.8. The van der Waals surface area contributed by atoms with Crippen LogP contribution in [0.2, 0.25) is 0 Å². The number of methoxy groups -OCH3 is 1. The number of rotatable bonds is 8. The van der Waals surface area contributed by atoms with Gasteiger partial charge < -0.3 is 14.6 Å². The molecule has 6 nitrogen and oxygen atoms in total. The Morgan fingerprint density at radius 1 is 1.36 bits per heavy atom. The molecule has 1 amide bonds. The minimum absolute atomic E-state index is 0.0553. The average molecular weight is 320 g/mol. The van der Waals surface area contributed by atoms with E-state index < -0.39 is 0 Å². The van der Waals surface area contributed by atoms with Crippen LogP contribution in [0.4, 0.5) is 5.69 Å². The van der Waals surface area contributed by atoms with Crippen molar-refractivity contribution in [2.24, 2.45) is 0 Å². The van der Waals surface area contributed by atoms with Crippen molar-refractivity contribution >= 4 is 23.4 Å². The predicted molar refractivity (Wildman–Crippen MR) is 87.0 cm³/mol. The lowest BCUT2D eigenvalue weighted by Gasteiger charge is -2.07. The summed E-state index contributed by atoms with van der Waals surface area (Å²) in [6, 6.07) is 7.72. The van der Waals surface area contributed by atoms with Gasteiger partial charge in [0.1, 0.15) is 6.33 Å². The molecule has 0 aliphatic rings. The quantitative estimate of drug-likeness (QED) is 0.597. The number of benzene rings is 1. The lowest BCUT2D eigenvalue weighted by atomic mass is 10.2. The Morgan fingerprint density at radius 2 is 2.14 bits per heavy atom. The first-order valence-electron chi connectivity index (χ1n) is 7.05. The number of carbonyl (C=O) groups excluding carboxylic acids is 1. The molecule has 1 heterocycles. The molecular weight excluding hydrogens is 300 g/mol. The molecule has 0 saturated carbocycles. The van der Waals surface area contributed by atoms with E-state index in [1.165, 1.54) is 11.8 Å². The zero-order valence-electron chi connectivity index (χ0n) is 12.8. The van der Waals surface area contributed by atoms with Crippen molar-refractivity contribution in [3.8, 4) is 0 Å². The molecule has 2 rings (SSSR count). The molecule has 118 valence electrons. The normalized spacial score (nSPS) is 10.6. The van der Waals surface area contributed by atoms with Gasteiger partial charge in [-0.2, -0.15) is 0 Å².